The van der Waals surface area contributed by atoms with E-state index < -0.39 is 0 Å². The van der Waals surface area contributed by atoms with Gasteiger partial charge in [-0.3, -0.25) is 0 Å². The molecule has 1 nitrogen and oxygen atoms in total. The van der Waals surface area contributed by atoms with Gasteiger partial charge in [0.05, 0.1) is 0 Å². The van der Waals surface area contributed by atoms with Crippen LogP contribution in [0.1, 0.15) is 50.0 Å². The molecule has 0 radical (unpaired) electrons. The quantitative estimate of drug-likeness (QED) is 0.799. The third kappa shape index (κ3) is 2.66. The number of rotatable bonds is 1. The molecule has 0 bridgehead atoms. The minimum atomic E-state index is 0. The van der Waals surface area contributed by atoms with Gasteiger partial charge in [0.15, 0.2) is 0 Å². The van der Waals surface area contributed by atoms with E-state index in [0.717, 1.165) is 5.92 Å². The lowest BCUT2D eigenvalue weighted by Gasteiger charge is -2.33. The lowest BCUT2D eigenvalue weighted by Crippen LogP contribution is -2.41. The van der Waals surface area contributed by atoms with Crippen LogP contribution < -0.4 is 5.32 Å². The molecule has 1 N–H and O–H groups in total. The van der Waals surface area contributed by atoms with Gasteiger partial charge in [-0.25, -0.2) is 0 Å². The molecular weight excluding hydrogens is 230 g/mol. The second-order valence-corrected chi connectivity index (χ2v) is 5.53. The van der Waals surface area contributed by atoms with Crippen molar-refractivity contribution in [2.75, 3.05) is 6.54 Å². The van der Waals surface area contributed by atoms with Crippen molar-refractivity contribution in [2.24, 2.45) is 0 Å². The molecular formula is C15H22ClN. The first kappa shape index (κ1) is 12.9. The Morgan fingerprint density at radius 1 is 1.00 bits per heavy atom. The van der Waals surface area contributed by atoms with Crippen molar-refractivity contribution in [3.8, 4) is 0 Å². The smallest absolute Gasteiger partial charge is 0.0188 e. The maximum atomic E-state index is 3.82. The fraction of sp³-hybridized carbons (Fsp3) is 0.600. The standard InChI is InChI=1S/C15H21N.ClH/c1-3-7-13(8-4-1)14-11-15(16-12-14)9-5-2-6-10-15;/h1,3-4,7-8,14,16H,2,5-6,9-12H2;1H. The Labute approximate surface area is 110 Å². The van der Waals surface area contributed by atoms with Gasteiger partial charge in [0.1, 0.15) is 0 Å². The van der Waals surface area contributed by atoms with Gasteiger partial charge in [-0.2, -0.15) is 0 Å². The molecule has 1 aliphatic carbocycles. The highest BCUT2D eigenvalue weighted by Crippen LogP contribution is 2.40. The van der Waals surface area contributed by atoms with Gasteiger partial charge in [0.25, 0.3) is 0 Å². The maximum Gasteiger partial charge on any atom is 0.0188 e. The molecule has 0 aromatic heterocycles. The summed E-state index contributed by atoms with van der Waals surface area (Å²) in [5.41, 5.74) is 2.02. The van der Waals surface area contributed by atoms with Crippen molar-refractivity contribution < 1.29 is 0 Å². The summed E-state index contributed by atoms with van der Waals surface area (Å²) in [5, 5.41) is 3.82. The number of halogens is 1. The molecule has 1 unspecified atom stereocenters. The average Bonchev–Trinajstić information content (AvgIpc) is 2.75. The van der Waals surface area contributed by atoms with Crippen molar-refractivity contribution in [3.63, 3.8) is 0 Å². The van der Waals surface area contributed by atoms with Crippen LogP contribution in [0.3, 0.4) is 0 Å². The van der Waals surface area contributed by atoms with Gasteiger partial charge in [-0.05, 0) is 30.7 Å². The van der Waals surface area contributed by atoms with Gasteiger partial charge in [0.2, 0.25) is 0 Å². The summed E-state index contributed by atoms with van der Waals surface area (Å²) < 4.78 is 0. The van der Waals surface area contributed by atoms with E-state index in [1.165, 1.54) is 50.6 Å². The van der Waals surface area contributed by atoms with Crippen molar-refractivity contribution in [1.29, 1.82) is 0 Å². The molecule has 1 aliphatic heterocycles. The third-order valence-electron chi connectivity index (χ3n) is 4.44. The molecule has 1 saturated heterocycles. The van der Waals surface area contributed by atoms with E-state index >= 15 is 0 Å². The highest BCUT2D eigenvalue weighted by atomic mass is 35.5. The van der Waals surface area contributed by atoms with Gasteiger partial charge in [-0.1, -0.05) is 49.6 Å². The van der Waals surface area contributed by atoms with Crippen molar-refractivity contribution in [3.05, 3.63) is 35.9 Å². The Kier molecular flexibility index (Phi) is 4.11. The molecule has 1 aromatic rings. The van der Waals surface area contributed by atoms with E-state index in [4.69, 9.17) is 0 Å². The molecule has 17 heavy (non-hydrogen) atoms. The zero-order valence-corrected chi connectivity index (χ0v) is 11.1. The van der Waals surface area contributed by atoms with Crippen molar-refractivity contribution in [1.82, 2.24) is 5.32 Å². The van der Waals surface area contributed by atoms with Crippen LogP contribution in [0.15, 0.2) is 30.3 Å². The van der Waals surface area contributed by atoms with Gasteiger partial charge in [0, 0.05) is 12.1 Å². The third-order valence-corrected chi connectivity index (χ3v) is 4.44. The molecule has 1 saturated carbocycles. The van der Waals surface area contributed by atoms with Crippen LogP contribution >= 0.6 is 12.4 Å². The van der Waals surface area contributed by atoms with Crippen LogP contribution in [-0.2, 0) is 0 Å². The highest BCUT2D eigenvalue weighted by molar-refractivity contribution is 5.85. The van der Waals surface area contributed by atoms with Crippen LogP contribution in [-0.4, -0.2) is 12.1 Å². The Morgan fingerprint density at radius 3 is 2.41 bits per heavy atom. The first-order valence-corrected chi connectivity index (χ1v) is 6.68. The lowest BCUT2D eigenvalue weighted by atomic mass is 9.78. The molecule has 1 aromatic carbocycles. The molecule has 1 spiro atoms. The summed E-state index contributed by atoms with van der Waals surface area (Å²) in [6, 6.07) is 11.0. The van der Waals surface area contributed by atoms with E-state index in [-0.39, 0.29) is 12.4 Å². The summed E-state index contributed by atoms with van der Waals surface area (Å²) in [5.74, 6) is 0.749. The maximum absolute atomic E-state index is 3.82. The molecule has 1 heterocycles. The summed E-state index contributed by atoms with van der Waals surface area (Å²) in [6.07, 6.45) is 8.45. The Bertz CT molecular complexity index is 343. The van der Waals surface area contributed by atoms with E-state index in [1.54, 1.807) is 0 Å². The lowest BCUT2D eigenvalue weighted by molar-refractivity contribution is 0.262. The fourth-order valence-corrected chi connectivity index (χ4v) is 3.53. The predicted molar refractivity (Wildman–Crippen MR) is 74.9 cm³/mol. The van der Waals surface area contributed by atoms with Gasteiger partial charge < -0.3 is 5.32 Å². The van der Waals surface area contributed by atoms with Crippen molar-refractivity contribution in [2.45, 2.75) is 50.0 Å². The minimum absolute atomic E-state index is 0. The second-order valence-electron chi connectivity index (χ2n) is 5.53. The predicted octanol–water partition coefficient (Wildman–Crippen LogP) is 3.89. The number of nitrogens with one attached hydrogen (secondary N) is 1. The molecule has 94 valence electrons. The molecule has 1 atom stereocenters. The van der Waals surface area contributed by atoms with Gasteiger partial charge >= 0.3 is 0 Å². The van der Waals surface area contributed by atoms with Crippen LogP contribution in [0.2, 0.25) is 0 Å². The number of hydrogen-bond acceptors (Lipinski definition) is 1. The molecule has 2 aliphatic rings. The second kappa shape index (κ2) is 5.41. The topological polar surface area (TPSA) is 12.0 Å². The highest BCUT2D eigenvalue weighted by Gasteiger charge is 2.39. The van der Waals surface area contributed by atoms with Crippen molar-refractivity contribution >= 4 is 12.4 Å². The van der Waals surface area contributed by atoms with E-state index in [0.29, 0.717) is 5.54 Å². The summed E-state index contributed by atoms with van der Waals surface area (Å²) >= 11 is 0. The SMILES string of the molecule is Cl.c1ccc(C2CNC3(CCCCC3)C2)cc1. The van der Waals surface area contributed by atoms with Crippen LogP contribution in [0.5, 0.6) is 0 Å². The Balaban J connectivity index is 0.00000108. The average molecular weight is 252 g/mol. The summed E-state index contributed by atoms with van der Waals surface area (Å²) in [6.45, 7) is 1.18. The molecule has 0 amide bonds. The zero-order valence-electron chi connectivity index (χ0n) is 10.3. The minimum Gasteiger partial charge on any atom is -0.311 e. The largest absolute Gasteiger partial charge is 0.311 e. The Morgan fingerprint density at radius 2 is 1.71 bits per heavy atom. The van der Waals surface area contributed by atoms with E-state index in [1.807, 2.05) is 0 Å². The zero-order chi connectivity index (χ0) is 10.8. The number of benzene rings is 1. The summed E-state index contributed by atoms with van der Waals surface area (Å²) in [4.78, 5) is 0. The fourth-order valence-electron chi connectivity index (χ4n) is 3.53. The Hall–Kier alpha value is -0.530. The monoisotopic (exact) mass is 251 g/mol. The first-order valence-electron chi connectivity index (χ1n) is 6.68. The molecule has 2 fully saturated rings. The van der Waals surface area contributed by atoms with Gasteiger partial charge in [-0.15, -0.1) is 12.4 Å². The first-order chi connectivity index (χ1) is 7.88. The van der Waals surface area contributed by atoms with E-state index in [9.17, 15) is 0 Å². The summed E-state index contributed by atoms with van der Waals surface area (Å²) in [7, 11) is 0. The van der Waals surface area contributed by atoms with Crippen LogP contribution in [0.4, 0.5) is 0 Å². The van der Waals surface area contributed by atoms with E-state index in [2.05, 4.69) is 35.6 Å². The van der Waals surface area contributed by atoms with Crippen LogP contribution in [0, 0.1) is 0 Å². The van der Waals surface area contributed by atoms with Crippen LogP contribution in [0.25, 0.3) is 0 Å². The normalized spacial score (nSPS) is 26.7. The molecule has 2 heteroatoms. The molecule has 3 rings (SSSR count). The number of hydrogen-bond donors (Lipinski definition) is 1.